The first kappa shape index (κ1) is 12.7. The molecule has 1 aromatic heterocycles. The van der Waals surface area contributed by atoms with Crippen molar-refractivity contribution in [2.45, 2.75) is 6.10 Å². The van der Waals surface area contributed by atoms with Gasteiger partial charge in [0.2, 0.25) is 0 Å². The zero-order valence-corrected chi connectivity index (χ0v) is 10.3. The molecule has 0 spiro atoms. The quantitative estimate of drug-likeness (QED) is 0.792. The molecule has 0 fully saturated rings. The maximum Gasteiger partial charge on any atom is 0.267 e. The molecular formula is C13H13ClN2O2. The van der Waals surface area contributed by atoms with Gasteiger partial charge in [0.15, 0.2) is 0 Å². The van der Waals surface area contributed by atoms with E-state index in [2.05, 4.69) is 10.3 Å². The first-order valence-electron chi connectivity index (χ1n) is 5.52. The van der Waals surface area contributed by atoms with Gasteiger partial charge in [-0.05, 0) is 29.8 Å². The summed E-state index contributed by atoms with van der Waals surface area (Å²) in [6, 6.07) is 10.3. The van der Waals surface area contributed by atoms with E-state index in [0.29, 0.717) is 16.3 Å². The molecule has 2 rings (SSSR count). The molecule has 0 aliphatic rings. The number of amides is 1. The molecule has 1 amide bonds. The van der Waals surface area contributed by atoms with Crippen molar-refractivity contribution in [1.29, 1.82) is 0 Å². The van der Waals surface area contributed by atoms with Gasteiger partial charge in [-0.3, -0.25) is 4.79 Å². The molecule has 1 aromatic carbocycles. The van der Waals surface area contributed by atoms with Crippen molar-refractivity contribution in [3.63, 3.8) is 0 Å². The topological polar surface area (TPSA) is 65.1 Å². The van der Waals surface area contributed by atoms with E-state index in [1.54, 1.807) is 42.6 Å². The monoisotopic (exact) mass is 264 g/mol. The zero-order valence-electron chi connectivity index (χ0n) is 9.56. The summed E-state index contributed by atoms with van der Waals surface area (Å²) >= 11 is 5.76. The Balaban J connectivity index is 1.90. The zero-order chi connectivity index (χ0) is 13.0. The Bertz CT molecular complexity index is 508. The molecular weight excluding hydrogens is 252 g/mol. The number of aromatic nitrogens is 1. The van der Waals surface area contributed by atoms with Gasteiger partial charge >= 0.3 is 0 Å². The van der Waals surface area contributed by atoms with Crippen LogP contribution in [0.2, 0.25) is 5.02 Å². The van der Waals surface area contributed by atoms with Crippen LogP contribution in [0, 0.1) is 0 Å². The standard InChI is InChI=1S/C13H13ClN2O2/c14-10-5-3-9(4-6-10)12(17)8-16-13(18)11-2-1-7-15-11/h1-7,12,15,17H,8H2,(H,16,18). The van der Waals surface area contributed by atoms with E-state index < -0.39 is 6.10 Å². The van der Waals surface area contributed by atoms with E-state index in [9.17, 15) is 9.90 Å². The van der Waals surface area contributed by atoms with Crippen LogP contribution in [0.15, 0.2) is 42.6 Å². The molecule has 0 aliphatic heterocycles. The highest BCUT2D eigenvalue weighted by Gasteiger charge is 2.10. The first-order chi connectivity index (χ1) is 8.66. The summed E-state index contributed by atoms with van der Waals surface area (Å²) in [5.41, 5.74) is 1.18. The Hall–Kier alpha value is -1.78. The van der Waals surface area contributed by atoms with Gasteiger partial charge in [0.1, 0.15) is 5.69 Å². The minimum absolute atomic E-state index is 0.152. The van der Waals surface area contributed by atoms with Crippen molar-refractivity contribution in [3.05, 3.63) is 58.9 Å². The molecule has 0 bridgehead atoms. The number of hydrogen-bond donors (Lipinski definition) is 3. The van der Waals surface area contributed by atoms with Crippen LogP contribution in [-0.2, 0) is 0 Å². The largest absolute Gasteiger partial charge is 0.387 e. The minimum atomic E-state index is -0.749. The predicted octanol–water partition coefficient (Wildman–Crippen LogP) is 2.13. The van der Waals surface area contributed by atoms with Gasteiger partial charge in [0.25, 0.3) is 5.91 Å². The Labute approximate surface area is 110 Å². The Morgan fingerprint density at radius 3 is 2.67 bits per heavy atom. The number of benzene rings is 1. The van der Waals surface area contributed by atoms with Crippen LogP contribution in [0.1, 0.15) is 22.2 Å². The molecule has 3 N–H and O–H groups in total. The molecule has 0 saturated heterocycles. The highest BCUT2D eigenvalue weighted by molar-refractivity contribution is 6.30. The third-order valence-electron chi connectivity index (χ3n) is 2.55. The lowest BCUT2D eigenvalue weighted by Crippen LogP contribution is -2.28. The molecule has 2 aromatic rings. The average Bonchev–Trinajstić information content (AvgIpc) is 2.90. The molecule has 5 heteroatoms. The van der Waals surface area contributed by atoms with Crippen molar-refractivity contribution in [1.82, 2.24) is 10.3 Å². The van der Waals surface area contributed by atoms with Gasteiger partial charge in [0.05, 0.1) is 6.10 Å². The average molecular weight is 265 g/mol. The van der Waals surface area contributed by atoms with Crippen molar-refractivity contribution in [2.24, 2.45) is 0 Å². The number of carbonyl (C=O) groups excluding carboxylic acids is 1. The molecule has 0 saturated carbocycles. The lowest BCUT2D eigenvalue weighted by atomic mass is 10.1. The Morgan fingerprint density at radius 1 is 1.33 bits per heavy atom. The number of aliphatic hydroxyl groups is 1. The number of halogens is 1. The highest BCUT2D eigenvalue weighted by Crippen LogP contribution is 2.15. The molecule has 18 heavy (non-hydrogen) atoms. The molecule has 0 aliphatic carbocycles. The number of aromatic amines is 1. The van der Waals surface area contributed by atoms with Crippen LogP contribution in [-0.4, -0.2) is 22.5 Å². The van der Waals surface area contributed by atoms with Gasteiger partial charge in [-0.25, -0.2) is 0 Å². The second-order valence-corrected chi connectivity index (χ2v) is 4.30. The van der Waals surface area contributed by atoms with Crippen LogP contribution >= 0.6 is 11.6 Å². The lowest BCUT2D eigenvalue weighted by Gasteiger charge is -2.11. The number of nitrogens with one attached hydrogen (secondary N) is 2. The van der Waals surface area contributed by atoms with Gasteiger partial charge in [-0.15, -0.1) is 0 Å². The maximum atomic E-state index is 11.6. The number of hydrogen-bond acceptors (Lipinski definition) is 2. The normalized spacial score (nSPS) is 12.1. The molecule has 1 unspecified atom stereocenters. The summed E-state index contributed by atoms with van der Waals surface area (Å²) in [5, 5.41) is 13.1. The molecule has 1 heterocycles. The summed E-state index contributed by atoms with van der Waals surface area (Å²) in [7, 11) is 0. The second-order valence-electron chi connectivity index (χ2n) is 3.86. The molecule has 94 valence electrons. The minimum Gasteiger partial charge on any atom is -0.387 e. The lowest BCUT2D eigenvalue weighted by molar-refractivity contribution is 0.0912. The summed E-state index contributed by atoms with van der Waals surface area (Å²) in [5.74, 6) is -0.243. The van der Waals surface area contributed by atoms with Crippen LogP contribution in [0.4, 0.5) is 0 Å². The fraction of sp³-hybridized carbons (Fsp3) is 0.154. The van der Waals surface area contributed by atoms with Crippen molar-refractivity contribution >= 4 is 17.5 Å². The number of rotatable bonds is 4. The van der Waals surface area contributed by atoms with Crippen molar-refractivity contribution in [3.8, 4) is 0 Å². The fourth-order valence-electron chi connectivity index (χ4n) is 1.56. The van der Waals surface area contributed by atoms with Gasteiger partial charge in [-0.1, -0.05) is 23.7 Å². The Kier molecular flexibility index (Phi) is 4.02. The number of H-pyrrole nitrogens is 1. The van der Waals surface area contributed by atoms with Crippen LogP contribution in [0.25, 0.3) is 0 Å². The third-order valence-corrected chi connectivity index (χ3v) is 2.81. The predicted molar refractivity (Wildman–Crippen MR) is 69.5 cm³/mol. The molecule has 0 radical (unpaired) electrons. The van der Waals surface area contributed by atoms with Crippen LogP contribution in [0.3, 0.4) is 0 Å². The third kappa shape index (κ3) is 3.12. The summed E-state index contributed by atoms with van der Waals surface area (Å²) < 4.78 is 0. The summed E-state index contributed by atoms with van der Waals surface area (Å²) in [6.45, 7) is 0.152. The fourth-order valence-corrected chi connectivity index (χ4v) is 1.68. The first-order valence-corrected chi connectivity index (χ1v) is 5.90. The Morgan fingerprint density at radius 2 is 2.06 bits per heavy atom. The van der Waals surface area contributed by atoms with Gasteiger partial charge in [-0.2, -0.15) is 0 Å². The van der Waals surface area contributed by atoms with E-state index in [1.807, 2.05) is 0 Å². The molecule has 1 atom stereocenters. The number of aliphatic hydroxyl groups excluding tert-OH is 1. The van der Waals surface area contributed by atoms with E-state index >= 15 is 0 Å². The second kappa shape index (κ2) is 5.71. The highest BCUT2D eigenvalue weighted by atomic mass is 35.5. The van der Waals surface area contributed by atoms with E-state index in [-0.39, 0.29) is 12.5 Å². The smallest absolute Gasteiger partial charge is 0.267 e. The van der Waals surface area contributed by atoms with Gasteiger partial charge in [0, 0.05) is 17.8 Å². The maximum absolute atomic E-state index is 11.6. The van der Waals surface area contributed by atoms with E-state index in [1.165, 1.54) is 0 Å². The van der Waals surface area contributed by atoms with Crippen LogP contribution in [0.5, 0.6) is 0 Å². The van der Waals surface area contributed by atoms with Crippen molar-refractivity contribution < 1.29 is 9.90 Å². The summed E-state index contributed by atoms with van der Waals surface area (Å²) in [6.07, 6.45) is 0.922. The SMILES string of the molecule is O=C(NCC(O)c1ccc(Cl)cc1)c1ccc[nH]1. The van der Waals surface area contributed by atoms with Gasteiger partial charge < -0.3 is 15.4 Å². The van der Waals surface area contributed by atoms with Crippen molar-refractivity contribution in [2.75, 3.05) is 6.54 Å². The van der Waals surface area contributed by atoms with Crippen LogP contribution < -0.4 is 5.32 Å². The van der Waals surface area contributed by atoms with E-state index in [4.69, 9.17) is 11.6 Å². The number of carbonyl (C=O) groups is 1. The molecule has 4 nitrogen and oxygen atoms in total. The summed E-state index contributed by atoms with van der Waals surface area (Å²) in [4.78, 5) is 14.4. The van der Waals surface area contributed by atoms with E-state index in [0.717, 1.165) is 0 Å².